The summed E-state index contributed by atoms with van der Waals surface area (Å²) in [4.78, 5) is 2.29. The van der Waals surface area contributed by atoms with Crippen molar-refractivity contribution in [3.05, 3.63) is 35.6 Å². The molecular formula is C11H16ClFN2. The van der Waals surface area contributed by atoms with E-state index in [2.05, 4.69) is 4.90 Å². The molecule has 0 aliphatic carbocycles. The van der Waals surface area contributed by atoms with Crippen LogP contribution in [0, 0.1) is 5.82 Å². The lowest BCUT2D eigenvalue weighted by atomic mass is 9.95. The molecule has 4 heteroatoms. The first-order valence-electron chi connectivity index (χ1n) is 5.01. The zero-order valence-corrected chi connectivity index (χ0v) is 9.34. The zero-order chi connectivity index (χ0) is 9.97. The summed E-state index contributed by atoms with van der Waals surface area (Å²) in [6, 6.07) is 7.23. The van der Waals surface area contributed by atoms with Crippen molar-refractivity contribution < 1.29 is 4.39 Å². The third-order valence-electron chi connectivity index (χ3n) is 2.78. The summed E-state index contributed by atoms with van der Waals surface area (Å²) >= 11 is 0. The Morgan fingerprint density at radius 2 is 2.27 bits per heavy atom. The molecule has 2 rings (SSSR count). The molecule has 0 aromatic heterocycles. The van der Waals surface area contributed by atoms with E-state index in [0.29, 0.717) is 12.6 Å². The Hall–Kier alpha value is -0.640. The van der Waals surface area contributed by atoms with Crippen LogP contribution in [0.2, 0.25) is 0 Å². The molecule has 84 valence electrons. The van der Waals surface area contributed by atoms with E-state index in [-0.39, 0.29) is 18.2 Å². The van der Waals surface area contributed by atoms with Gasteiger partial charge in [-0.05, 0) is 24.1 Å². The minimum absolute atomic E-state index is 0. The summed E-state index contributed by atoms with van der Waals surface area (Å²) in [5.74, 6) is -0.151. The lowest BCUT2D eigenvalue weighted by Crippen LogP contribution is -2.43. The van der Waals surface area contributed by atoms with Crippen molar-refractivity contribution in [1.29, 1.82) is 0 Å². The van der Waals surface area contributed by atoms with E-state index in [1.54, 1.807) is 12.1 Å². The van der Waals surface area contributed by atoms with Gasteiger partial charge in [-0.1, -0.05) is 12.1 Å². The third kappa shape index (κ3) is 2.68. The lowest BCUT2D eigenvalue weighted by molar-refractivity contribution is 0.0948. The number of rotatable bonds is 3. The molecule has 0 spiro atoms. The predicted molar refractivity (Wildman–Crippen MR) is 61.6 cm³/mol. The van der Waals surface area contributed by atoms with E-state index >= 15 is 0 Å². The van der Waals surface area contributed by atoms with Crippen molar-refractivity contribution in [2.75, 3.05) is 19.6 Å². The van der Waals surface area contributed by atoms with Gasteiger partial charge in [-0.25, -0.2) is 4.39 Å². The smallest absolute Gasteiger partial charge is 0.123 e. The summed E-state index contributed by atoms with van der Waals surface area (Å²) in [7, 11) is 0. The molecule has 15 heavy (non-hydrogen) atoms. The first-order valence-corrected chi connectivity index (χ1v) is 5.01. The van der Waals surface area contributed by atoms with E-state index in [1.165, 1.54) is 6.07 Å². The number of halogens is 2. The number of nitrogens with two attached hydrogens (primary N) is 1. The molecule has 2 nitrogen and oxygen atoms in total. The van der Waals surface area contributed by atoms with Crippen LogP contribution in [0.4, 0.5) is 4.39 Å². The van der Waals surface area contributed by atoms with Crippen LogP contribution in [0.1, 0.15) is 18.0 Å². The van der Waals surface area contributed by atoms with Gasteiger partial charge in [0.15, 0.2) is 0 Å². The van der Waals surface area contributed by atoms with Gasteiger partial charge in [0.25, 0.3) is 0 Å². The van der Waals surface area contributed by atoms with Crippen molar-refractivity contribution in [3.63, 3.8) is 0 Å². The second-order valence-corrected chi connectivity index (χ2v) is 3.68. The number of nitrogens with zero attached hydrogens (tertiary/aromatic N) is 1. The third-order valence-corrected chi connectivity index (χ3v) is 2.78. The SMILES string of the molecule is Cl.NCCN1CCC1c1cccc(F)c1. The van der Waals surface area contributed by atoms with Crippen LogP contribution in [-0.2, 0) is 0 Å². The first kappa shape index (κ1) is 12.4. The summed E-state index contributed by atoms with van der Waals surface area (Å²) in [6.45, 7) is 2.66. The molecule has 1 fully saturated rings. The molecule has 0 amide bonds. The Morgan fingerprint density at radius 3 is 2.80 bits per heavy atom. The fourth-order valence-electron chi connectivity index (χ4n) is 1.97. The van der Waals surface area contributed by atoms with Crippen molar-refractivity contribution >= 4 is 12.4 Å². The van der Waals surface area contributed by atoms with Gasteiger partial charge in [0.2, 0.25) is 0 Å². The highest BCUT2D eigenvalue weighted by Gasteiger charge is 2.28. The number of likely N-dealkylation sites (tertiary alicyclic amines) is 1. The van der Waals surface area contributed by atoms with Crippen LogP contribution in [0.3, 0.4) is 0 Å². The Bertz CT molecular complexity index is 319. The lowest BCUT2D eigenvalue weighted by Gasteiger charge is -2.41. The van der Waals surface area contributed by atoms with Gasteiger partial charge in [-0.2, -0.15) is 0 Å². The van der Waals surface area contributed by atoms with Gasteiger partial charge in [0, 0.05) is 25.7 Å². The maximum Gasteiger partial charge on any atom is 0.123 e. The largest absolute Gasteiger partial charge is 0.329 e. The summed E-state index contributed by atoms with van der Waals surface area (Å²) < 4.78 is 13.0. The van der Waals surface area contributed by atoms with E-state index < -0.39 is 0 Å². The highest BCUT2D eigenvalue weighted by molar-refractivity contribution is 5.85. The van der Waals surface area contributed by atoms with Gasteiger partial charge in [0.05, 0.1) is 0 Å². The average Bonchev–Trinajstić information content (AvgIpc) is 2.12. The standard InChI is InChI=1S/C11H15FN2.ClH/c12-10-3-1-2-9(8-10)11-4-6-14(11)7-5-13;/h1-3,8,11H,4-7,13H2;1H. The van der Waals surface area contributed by atoms with E-state index in [4.69, 9.17) is 5.73 Å². The van der Waals surface area contributed by atoms with Crippen molar-refractivity contribution in [2.45, 2.75) is 12.5 Å². The van der Waals surface area contributed by atoms with Gasteiger partial charge < -0.3 is 5.73 Å². The van der Waals surface area contributed by atoms with Crippen LogP contribution in [0.5, 0.6) is 0 Å². The molecule has 1 atom stereocenters. The minimum atomic E-state index is -0.151. The summed E-state index contributed by atoms with van der Waals surface area (Å²) in [5, 5.41) is 0. The predicted octanol–water partition coefficient (Wildman–Crippen LogP) is 1.95. The number of benzene rings is 1. The van der Waals surface area contributed by atoms with E-state index in [0.717, 1.165) is 25.1 Å². The highest BCUT2D eigenvalue weighted by atomic mass is 35.5. The van der Waals surface area contributed by atoms with Crippen molar-refractivity contribution in [1.82, 2.24) is 4.90 Å². The molecule has 1 heterocycles. The van der Waals surface area contributed by atoms with Crippen LogP contribution in [-0.4, -0.2) is 24.5 Å². The monoisotopic (exact) mass is 230 g/mol. The van der Waals surface area contributed by atoms with Gasteiger partial charge in [-0.15, -0.1) is 12.4 Å². The van der Waals surface area contributed by atoms with Crippen molar-refractivity contribution in [3.8, 4) is 0 Å². The maximum atomic E-state index is 13.0. The molecule has 1 aromatic carbocycles. The molecule has 0 bridgehead atoms. The topological polar surface area (TPSA) is 29.3 Å². The molecular weight excluding hydrogens is 215 g/mol. The first-order chi connectivity index (χ1) is 6.81. The second-order valence-electron chi connectivity index (χ2n) is 3.68. The van der Waals surface area contributed by atoms with Gasteiger partial charge in [-0.3, -0.25) is 4.90 Å². The zero-order valence-electron chi connectivity index (χ0n) is 8.53. The number of hydrogen-bond donors (Lipinski definition) is 1. The maximum absolute atomic E-state index is 13.0. The van der Waals surface area contributed by atoms with Gasteiger partial charge in [0.1, 0.15) is 5.82 Å². The Kier molecular flexibility index (Phi) is 4.51. The molecule has 1 unspecified atom stereocenters. The summed E-state index contributed by atoms with van der Waals surface area (Å²) in [5.41, 5.74) is 6.57. The Morgan fingerprint density at radius 1 is 1.47 bits per heavy atom. The highest BCUT2D eigenvalue weighted by Crippen LogP contribution is 2.32. The van der Waals surface area contributed by atoms with E-state index in [1.807, 2.05) is 6.07 Å². The molecule has 1 aliphatic rings. The van der Waals surface area contributed by atoms with Crippen LogP contribution in [0.15, 0.2) is 24.3 Å². The Balaban J connectivity index is 0.00000112. The van der Waals surface area contributed by atoms with Gasteiger partial charge >= 0.3 is 0 Å². The van der Waals surface area contributed by atoms with Crippen LogP contribution in [0.25, 0.3) is 0 Å². The summed E-state index contributed by atoms with van der Waals surface area (Å²) in [6.07, 6.45) is 1.11. The molecule has 0 radical (unpaired) electrons. The minimum Gasteiger partial charge on any atom is -0.329 e. The van der Waals surface area contributed by atoms with Crippen molar-refractivity contribution in [2.24, 2.45) is 5.73 Å². The molecule has 2 N–H and O–H groups in total. The molecule has 1 saturated heterocycles. The fraction of sp³-hybridized carbons (Fsp3) is 0.455. The fourth-order valence-corrected chi connectivity index (χ4v) is 1.97. The normalized spacial score (nSPS) is 20.5. The Labute approximate surface area is 95.7 Å². The molecule has 1 aliphatic heterocycles. The van der Waals surface area contributed by atoms with E-state index in [9.17, 15) is 4.39 Å². The number of hydrogen-bond acceptors (Lipinski definition) is 2. The quantitative estimate of drug-likeness (QED) is 0.860. The molecule has 0 saturated carbocycles. The second kappa shape index (κ2) is 5.45. The van der Waals surface area contributed by atoms with Crippen LogP contribution >= 0.6 is 12.4 Å². The van der Waals surface area contributed by atoms with Crippen LogP contribution < -0.4 is 5.73 Å². The average molecular weight is 231 g/mol. The molecule has 1 aromatic rings.